The van der Waals surface area contributed by atoms with Gasteiger partial charge in [-0.05, 0) is 60.8 Å². The van der Waals surface area contributed by atoms with E-state index in [1.807, 2.05) is 0 Å². The van der Waals surface area contributed by atoms with Crippen LogP contribution in [0.1, 0.15) is 24.5 Å². The van der Waals surface area contributed by atoms with Gasteiger partial charge in [-0.1, -0.05) is 24.6 Å². The van der Waals surface area contributed by atoms with E-state index in [4.69, 9.17) is 11.6 Å². The average molecular weight is 310 g/mol. The summed E-state index contributed by atoms with van der Waals surface area (Å²) in [6, 6.07) is 7.55. The lowest BCUT2D eigenvalue weighted by molar-refractivity contribution is 0.618. The molecule has 1 nitrogen and oxygen atoms in total. The first-order valence-corrected chi connectivity index (χ1v) is 7.36. The maximum absolute atomic E-state index is 13.6. The van der Waals surface area contributed by atoms with Gasteiger partial charge in [0.05, 0.1) is 5.02 Å². The lowest BCUT2D eigenvalue weighted by atomic mass is 9.97. The van der Waals surface area contributed by atoms with Crippen molar-refractivity contribution in [3.8, 4) is 11.1 Å². The zero-order chi connectivity index (χ0) is 15.4. The Labute approximate surface area is 128 Å². The molecule has 0 aliphatic rings. The Morgan fingerprint density at radius 3 is 2.57 bits per heavy atom. The standard InChI is InChI=1S/C17H18ClF2N/c1-3-6-21-10-12-4-5-13(19)8-14(12)15-7-11(2)17(20)9-16(15)18/h4-5,7-9,21H,3,6,10H2,1-2H3. The van der Waals surface area contributed by atoms with Crippen molar-refractivity contribution >= 4 is 11.6 Å². The SMILES string of the molecule is CCCNCc1ccc(F)cc1-c1cc(C)c(F)cc1Cl. The molecule has 2 rings (SSSR count). The molecule has 1 N–H and O–H groups in total. The third-order valence-electron chi connectivity index (χ3n) is 3.35. The van der Waals surface area contributed by atoms with Crippen molar-refractivity contribution in [3.63, 3.8) is 0 Å². The third-order valence-corrected chi connectivity index (χ3v) is 3.67. The highest BCUT2D eigenvalue weighted by Crippen LogP contribution is 2.33. The molecule has 21 heavy (non-hydrogen) atoms. The second-order valence-corrected chi connectivity index (χ2v) is 5.47. The minimum Gasteiger partial charge on any atom is -0.313 e. The number of aryl methyl sites for hydroxylation is 1. The molecule has 0 heterocycles. The third kappa shape index (κ3) is 3.80. The highest BCUT2D eigenvalue weighted by Gasteiger charge is 2.12. The molecule has 0 atom stereocenters. The van der Waals surface area contributed by atoms with Gasteiger partial charge in [-0.25, -0.2) is 8.78 Å². The molecule has 0 amide bonds. The lowest BCUT2D eigenvalue weighted by Crippen LogP contribution is -2.14. The Hall–Kier alpha value is -1.45. The molecule has 4 heteroatoms. The molecular weight excluding hydrogens is 292 g/mol. The Bertz CT molecular complexity index is 641. The average Bonchev–Trinajstić information content (AvgIpc) is 2.45. The van der Waals surface area contributed by atoms with Gasteiger partial charge in [-0.15, -0.1) is 0 Å². The Balaban J connectivity index is 2.46. The van der Waals surface area contributed by atoms with Gasteiger partial charge in [0.15, 0.2) is 0 Å². The minimum atomic E-state index is -0.356. The summed E-state index contributed by atoms with van der Waals surface area (Å²) in [6.07, 6.45) is 1.02. The zero-order valence-electron chi connectivity index (χ0n) is 12.1. The highest BCUT2D eigenvalue weighted by molar-refractivity contribution is 6.33. The molecule has 0 aromatic heterocycles. The van der Waals surface area contributed by atoms with Gasteiger partial charge in [0.1, 0.15) is 11.6 Å². The van der Waals surface area contributed by atoms with Gasteiger partial charge >= 0.3 is 0 Å². The van der Waals surface area contributed by atoms with Crippen molar-refractivity contribution in [2.24, 2.45) is 0 Å². The molecule has 0 fully saturated rings. The van der Waals surface area contributed by atoms with Gasteiger partial charge in [0, 0.05) is 12.1 Å². The van der Waals surface area contributed by atoms with Crippen LogP contribution in [0.15, 0.2) is 30.3 Å². The monoisotopic (exact) mass is 309 g/mol. The van der Waals surface area contributed by atoms with E-state index < -0.39 is 0 Å². The molecule has 0 aliphatic heterocycles. The van der Waals surface area contributed by atoms with Gasteiger partial charge in [0.2, 0.25) is 0 Å². The van der Waals surface area contributed by atoms with Crippen LogP contribution < -0.4 is 5.32 Å². The van der Waals surface area contributed by atoms with Crippen LogP contribution in [0.4, 0.5) is 8.78 Å². The van der Waals surface area contributed by atoms with Crippen molar-refractivity contribution in [1.29, 1.82) is 0 Å². The van der Waals surface area contributed by atoms with E-state index in [9.17, 15) is 8.78 Å². The van der Waals surface area contributed by atoms with Crippen LogP contribution in [0, 0.1) is 18.6 Å². The van der Waals surface area contributed by atoms with E-state index in [0.717, 1.165) is 18.5 Å². The van der Waals surface area contributed by atoms with E-state index in [1.54, 1.807) is 19.1 Å². The van der Waals surface area contributed by atoms with Crippen LogP contribution in [0.25, 0.3) is 11.1 Å². The van der Waals surface area contributed by atoms with Crippen molar-refractivity contribution in [2.45, 2.75) is 26.8 Å². The van der Waals surface area contributed by atoms with Crippen molar-refractivity contribution in [1.82, 2.24) is 5.32 Å². The summed E-state index contributed by atoms with van der Waals surface area (Å²) >= 11 is 6.14. The summed E-state index contributed by atoms with van der Waals surface area (Å²) in [7, 11) is 0. The van der Waals surface area contributed by atoms with E-state index in [1.165, 1.54) is 18.2 Å². The molecule has 2 aromatic carbocycles. The van der Waals surface area contributed by atoms with E-state index in [-0.39, 0.29) is 11.6 Å². The largest absolute Gasteiger partial charge is 0.313 e. The van der Waals surface area contributed by atoms with Crippen LogP contribution >= 0.6 is 11.6 Å². The molecule has 0 saturated heterocycles. The van der Waals surface area contributed by atoms with E-state index in [2.05, 4.69) is 12.2 Å². The smallest absolute Gasteiger partial charge is 0.127 e. The topological polar surface area (TPSA) is 12.0 Å². The molecule has 0 bridgehead atoms. The second-order valence-electron chi connectivity index (χ2n) is 5.06. The Morgan fingerprint density at radius 2 is 1.86 bits per heavy atom. The molecule has 2 aromatic rings. The van der Waals surface area contributed by atoms with Gasteiger partial charge < -0.3 is 5.32 Å². The van der Waals surface area contributed by atoms with Crippen LogP contribution in [0.3, 0.4) is 0 Å². The summed E-state index contributed by atoms with van der Waals surface area (Å²) < 4.78 is 27.1. The highest BCUT2D eigenvalue weighted by atomic mass is 35.5. The van der Waals surface area contributed by atoms with E-state index >= 15 is 0 Å². The fourth-order valence-electron chi connectivity index (χ4n) is 2.22. The van der Waals surface area contributed by atoms with Crippen molar-refractivity contribution < 1.29 is 8.78 Å². The number of halogens is 3. The first-order valence-electron chi connectivity index (χ1n) is 6.98. The van der Waals surface area contributed by atoms with Crippen LogP contribution in [0.2, 0.25) is 5.02 Å². The Morgan fingerprint density at radius 1 is 1.10 bits per heavy atom. The predicted molar refractivity (Wildman–Crippen MR) is 83.5 cm³/mol. The van der Waals surface area contributed by atoms with Crippen LogP contribution in [-0.2, 0) is 6.54 Å². The van der Waals surface area contributed by atoms with Gasteiger partial charge in [-0.3, -0.25) is 0 Å². The molecular formula is C17H18ClF2N. The predicted octanol–water partition coefficient (Wildman–Crippen LogP) is 5.09. The first-order chi connectivity index (χ1) is 10.0. The van der Waals surface area contributed by atoms with Gasteiger partial charge in [0.25, 0.3) is 0 Å². The fraction of sp³-hybridized carbons (Fsp3) is 0.294. The van der Waals surface area contributed by atoms with E-state index in [0.29, 0.717) is 28.3 Å². The van der Waals surface area contributed by atoms with Crippen LogP contribution in [0.5, 0.6) is 0 Å². The minimum absolute atomic E-state index is 0.292. The van der Waals surface area contributed by atoms with Gasteiger partial charge in [-0.2, -0.15) is 0 Å². The molecule has 0 spiro atoms. The van der Waals surface area contributed by atoms with Crippen molar-refractivity contribution in [3.05, 3.63) is 58.1 Å². The number of nitrogens with one attached hydrogen (secondary N) is 1. The maximum atomic E-state index is 13.6. The zero-order valence-corrected chi connectivity index (χ0v) is 12.9. The molecule has 112 valence electrons. The van der Waals surface area contributed by atoms with Crippen molar-refractivity contribution in [2.75, 3.05) is 6.54 Å². The first kappa shape index (κ1) is 15.9. The Kier molecular flexibility index (Phi) is 5.32. The van der Waals surface area contributed by atoms with Crippen LogP contribution in [-0.4, -0.2) is 6.54 Å². The number of hydrogen-bond acceptors (Lipinski definition) is 1. The lowest BCUT2D eigenvalue weighted by Gasteiger charge is -2.13. The quantitative estimate of drug-likeness (QED) is 0.758. The summed E-state index contributed by atoms with van der Waals surface area (Å²) in [4.78, 5) is 0. The summed E-state index contributed by atoms with van der Waals surface area (Å²) in [5.74, 6) is -0.687. The molecule has 0 unspecified atom stereocenters. The molecule has 0 saturated carbocycles. The molecule has 0 aliphatic carbocycles. The maximum Gasteiger partial charge on any atom is 0.127 e. The number of hydrogen-bond donors (Lipinski definition) is 1. The summed E-state index contributed by atoms with van der Waals surface area (Å²) in [6.45, 7) is 5.26. The normalized spacial score (nSPS) is 10.9. The number of rotatable bonds is 5. The fourth-order valence-corrected chi connectivity index (χ4v) is 2.47. The second kappa shape index (κ2) is 7.01. The molecule has 0 radical (unpaired) electrons. The summed E-state index contributed by atoms with van der Waals surface area (Å²) in [5.41, 5.74) is 2.79. The number of benzene rings is 2. The summed E-state index contributed by atoms with van der Waals surface area (Å²) in [5, 5.41) is 3.58.